The quantitative estimate of drug-likeness (QED) is 0.835. The van der Waals surface area contributed by atoms with Crippen molar-refractivity contribution in [3.05, 3.63) is 11.9 Å². The van der Waals surface area contributed by atoms with Gasteiger partial charge in [0, 0.05) is 26.1 Å². The van der Waals surface area contributed by atoms with Crippen LogP contribution in [0.1, 0.15) is 44.9 Å². The van der Waals surface area contributed by atoms with Crippen LogP contribution in [0.5, 0.6) is 0 Å². The van der Waals surface area contributed by atoms with E-state index in [4.69, 9.17) is 0 Å². The molecule has 1 heterocycles. The van der Waals surface area contributed by atoms with Crippen LogP contribution in [-0.4, -0.2) is 23.6 Å². The lowest BCUT2D eigenvalue weighted by Crippen LogP contribution is -2.21. The van der Waals surface area contributed by atoms with Gasteiger partial charge >= 0.3 is 0 Å². The average Bonchev–Trinajstić information content (AvgIpc) is 3.07. The molecule has 4 heteroatoms. The lowest BCUT2D eigenvalue weighted by Gasteiger charge is -2.22. The summed E-state index contributed by atoms with van der Waals surface area (Å²) < 4.78 is 0. The smallest absolute Gasteiger partial charge is 0.133 e. The number of nitrogens with one attached hydrogen (secondary N) is 2. The molecule has 2 saturated carbocycles. The van der Waals surface area contributed by atoms with Crippen LogP contribution in [0.4, 0.5) is 11.6 Å². The molecule has 0 saturated heterocycles. The fraction of sp³-hybridized carbons (Fsp3) is 0.750. The maximum atomic E-state index is 4.63. The Hall–Kier alpha value is -1.32. The van der Waals surface area contributed by atoms with Crippen LogP contribution in [-0.2, 0) is 6.42 Å². The average molecular weight is 274 g/mol. The zero-order valence-electron chi connectivity index (χ0n) is 12.7. The predicted molar refractivity (Wildman–Crippen MR) is 83.0 cm³/mol. The second-order valence-corrected chi connectivity index (χ2v) is 6.37. The highest BCUT2D eigenvalue weighted by Crippen LogP contribution is 2.48. The van der Waals surface area contributed by atoms with Gasteiger partial charge in [0.1, 0.15) is 17.5 Å². The maximum absolute atomic E-state index is 4.63. The number of hydrogen-bond acceptors (Lipinski definition) is 4. The third kappa shape index (κ3) is 2.89. The first-order valence-electron chi connectivity index (χ1n) is 8.08. The van der Waals surface area contributed by atoms with Crippen molar-refractivity contribution in [1.82, 2.24) is 9.97 Å². The third-order valence-electron chi connectivity index (χ3n) is 4.93. The van der Waals surface area contributed by atoms with Crippen LogP contribution >= 0.6 is 0 Å². The van der Waals surface area contributed by atoms with E-state index in [1.54, 1.807) is 0 Å². The van der Waals surface area contributed by atoms with Crippen LogP contribution in [0.2, 0.25) is 0 Å². The Kier molecular flexibility index (Phi) is 4.08. The molecule has 20 heavy (non-hydrogen) atoms. The van der Waals surface area contributed by atoms with Crippen LogP contribution < -0.4 is 10.6 Å². The first-order chi connectivity index (χ1) is 9.78. The number of anilines is 2. The van der Waals surface area contributed by atoms with Crippen molar-refractivity contribution in [2.75, 3.05) is 24.2 Å². The Morgan fingerprint density at radius 3 is 2.70 bits per heavy atom. The lowest BCUT2D eigenvalue weighted by atomic mass is 9.89. The van der Waals surface area contributed by atoms with Gasteiger partial charge in [-0.05, 0) is 43.4 Å². The summed E-state index contributed by atoms with van der Waals surface area (Å²) in [5.41, 5.74) is 0. The summed E-state index contributed by atoms with van der Waals surface area (Å²) >= 11 is 0. The molecule has 1 aromatic heterocycles. The van der Waals surface area contributed by atoms with E-state index in [9.17, 15) is 0 Å². The molecule has 0 aliphatic heterocycles. The number of hydrogen-bond donors (Lipinski definition) is 2. The van der Waals surface area contributed by atoms with Crippen molar-refractivity contribution in [2.24, 2.45) is 17.8 Å². The minimum Gasteiger partial charge on any atom is -0.373 e. The fourth-order valence-corrected chi connectivity index (χ4v) is 3.91. The Labute approximate surface area is 121 Å². The number of rotatable bonds is 6. The standard InChI is InChI=1S/C16H26N4/c1-3-4-14-19-15(17-2)9-16(20-14)18-10-13-8-11-5-6-12(13)7-11/h9,11-13H,3-8,10H2,1-2H3,(H2,17,18,19,20). The predicted octanol–water partition coefficient (Wildman–Crippen LogP) is 3.32. The molecule has 1 aromatic rings. The molecule has 2 bridgehead atoms. The molecule has 110 valence electrons. The molecule has 2 aliphatic carbocycles. The van der Waals surface area contributed by atoms with Gasteiger partial charge in [-0.15, -0.1) is 0 Å². The van der Waals surface area contributed by atoms with Gasteiger partial charge < -0.3 is 10.6 Å². The number of nitrogens with zero attached hydrogens (tertiary/aromatic N) is 2. The molecule has 4 nitrogen and oxygen atoms in total. The van der Waals surface area contributed by atoms with Gasteiger partial charge in [0.25, 0.3) is 0 Å². The lowest BCUT2D eigenvalue weighted by molar-refractivity contribution is 0.348. The van der Waals surface area contributed by atoms with Gasteiger partial charge in [0.2, 0.25) is 0 Å². The van der Waals surface area contributed by atoms with Crippen LogP contribution in [0.25, 0.3) is 0 Å². The molecule has 2 N–H and O–H groups in total. The summed E-state index contributed by atoms with van der Waals surface area (Å²) in [4.78, 5) is 9.13. The summed E-state index contributed by atoms with van der Waals surface area (Å²) in [5.74, 6) is 5.68. The van der Waals surface area contributed by atoms with Crippen molar-refractivity contribution in [3.8, 4) is 0 Å². The first kappa shape index (κ1) is 13.7. The molecule has 3 atom stereocenters. The van der Waals surface area contributed by atoms with Gasteiger partial charge in [-0.2, -0.15) is 0 Å². The zero-order chi connectivity index (χ0) is 13.9. The Morgan fingerprint density at radius 1 is 1.20 bits per heavy atom. The van der Waals surface area contributed by atoms with Gasteiger partial charge in [-0.1, -0.05) is 13.3 Å². The summed E-state index contributed by atoms with van der Waals surface area (Å²) in [7, 11) is 1.91. The fourth-order valence-electron chi connectivity index (χ4n) is 3.91. The minimum absolute atomic E-state index is 0.858. The molecule has 3 unspecified atom stereocenters. The SMILES string of the molecule is CCCc1nc(NC)cc(NCC2CC3CCC2C3)n1. The largest absolute Gasteiger partial charge is 0.373 e. The zero-order valence-corrected chi connectivity index (χ0v) is 12.7. The number of aromatic nitrogens is 2. The van der Waals surface area contributed by atoms with Crippen LogP contribution in [0.15, 0.2) is 6.07 Å². The molecular formula is C16H26N4. The molecule has 0 amide bonds. The Balaban J connectivity index is 1.62. The Bertz CT molecular complexity index is 460. The van der Waals surface area contributed by atoms with E-state index < -0.39 is 0 Å². The van der Waals surface area contributed by atoms with Crippen LogP contribution in [0.3, 0.4) is 0 Å². The second-order valence-electron chi connectivity index (χ2n) is 6.37. The molecule has 0 radical (unpaired) electrons. The maximum Gasteiger partial charge on any atom is 0.133 e. The van der Waals surface area contributed by atoms with Gasteiger partial charge in [-0.3, -0.25) is 0 Å². The topological polar surface area (TPSA) is 49.8 Å². The van der Waals surface area contributed by atoms with Crippen molar-refractivity contribution in [3.63, 3.8) is 0 Å². The monoisotopic (exact) mass is 274 g/mol. The normalized spacial score (nSPS) is 27.8. The van der Waals surface area contributed by atoms with Gasteiger partial charge in [-0.25, -0.2) is 9.97 Å². The van der Waals surface area contributed by atoms with E-state index in [-0.39, 0.29) is 0 Å². The van der Waals surface area contributed by atoms with E-state index in [1.165, 1.54) is 25.7 Å². The van der Waals surface area contributed by atoms with Crippen molar-refractivity contribution < 1.29 is 0 Å². The molecule has 0 spiro atoms. The molecular weight excluding hydrogens is 248 g/mol. The van der Waals surface area contributed by atoms with E-state index in [0.29, 0.717) is 0 Å². The summed E-state index contributed by atoms with van der Waals surface area (Å²) in [6.45, 7) is 3.24. The van der Waals surface area contributed by atoms with Gasteiger partial charge in [0.15, 0.2) is 0 Å². The highest BCUT2D eigenvalue weighted by Gasteiger charge is 2.39. The minimum atomic E-state index is 0.858. The number of fused-ring (bicyclic) bond motifs is 2. The van der Waals surface area contributed by atoms with Crippen LogP contribution in [0, 0.1) is 17.8 Å². The highest BCUT2D eigenvalue weighted by molar-refractivity contribution is 5.47. The molecule has 0 aromatic carbocycles. The summed E-state index contributed by atoms with van der Waals surface area (Å²) in [6, 6.07) is 2.02. The Morgan fingerprint density at radius 2 is 2.05 bits per heavy atom. The second kappa shape index (κ2) is 5.98. The van der Waals surface area contributed by atoms with Crippen molar-refractivity contribution in [2.45, 2.75) is 45.4 Å². The molecule has 2 aliphatic rings. The van der Waals surface area contributed by atoms with E-state index in [2.05, 4.69) is 27.5 Å². The highest BCUT2D eigenvalue weighted by atomic mass is 15.1. The van der Waals surface area contributed by atoms with E-state index in [1.807, 2.05) is 13.1 Å². The summed E-state index contributed by atoms with van der Waals surface area (Å²) in [6.07, 6.45) is 7.84. The first-order valence-corrected chi connectivity index (χ1v) is 8.08. The van der Waals surface area contributed by atoms with Crippen molar-refractivity contribution in [1.29, 1.82) is 0 Å². The molecule has 3 rings (SSSR count). The summed E-state index contributed by atoms with van der Waals surface area (Å²) in [5, 5.41) is 6.68. The molecule has 2 fully saturated rings. The van der Waals surface area contributed by atoms with E-state index in [0.717, 1.165) is 54.6 Å². The third-order valence-corrected chi connectivity index (χ3v) is 4.93. The number of aryl methyl sites for hydroxylation is 1. The van der Waals surface area contributed by atoms with Gasteiger partial charge in [0.05, 0.1) is 0 Å². The van der Waals surface area contributed by atoms with E-state index >= 15 is 0 Å². The van der Waals surface area contributed by atoms with Crippen molar-refractivity contribution >= 4 is 11.6 Å².